The van der Waals surface area contributed by atoms with Crippen molar-refractivity contribution in [3.63, 3.8) is 0 Å². The van der Waals surface area contributed by atoms with Crippen molar-refractivity contribution >= 4 is 17.6 Å². The number of benzene rings is 1. The lowest BCUT2D eigenvalue weighted by Crippen LogP contribution is -2.09. The highest BCUT2D eigenvalue weighted by atomic mass is 16.5. The molecule has 0 aliphatic heterocycles. The van der Waals surface area contributed by atoms with E-state index < -0.39 is 5.97 Å². The molecule has 1 aromatic rings. The number of esters is 1. The van der Waals surface area contributed by atoms with Crippen LogP contribution in [0.15, 0.2) is 36.4 Å². The van der Waals surface area contributed by atoms with Gasteiger partial charge in [-0.25, -0.2) is 4.79 Å². The largest absolute Gasteiger partial charge is 0.466 e. The number of carbonyl (C=O) groups is 2. The maximum absolute atomic E-state index is 11.4. The van der Waals surface area contributed by atoms with Gasteiger partial charge in [0.2, 0.25) is 5.91 Å². The van der Waals surface area contributed by atoms with E-state index >= 15 is 0 Å². The number of aryl methyl sites for hydroxylation is 1. The van der Waals surface area contributed by atoms with Gasteiger partial charge in [0.25, 0.3) is 0 Å². The molecule has 0 unspecified atom stereocenters. The van der Waals surface area contributed by atoms with E-state index in [1.807, 2.05) is 25.1 Å². The Morgan fingerprint density at radius 1 is 1.25 bits per heavy atom. The third kappa shape index (κ3) is 3.57. The summed E-state index contributed by atoms with van der Waals surface area (Å²) in [6.07, 6.45) is 2.21. The Labute approximate surface area is 93.9 Å². The first kappa shape index (κ1) is 12.0. The summed E-state index contributed by atoms with van der Waals surface area (Å²) in [6, 6.07) is 7.39. The first-order valence-electron chi connectivity index (χ1n) is 4.76. The molecule has 1 aromatic carbocycles. The lowest BCUT2D eigenvalue weighted by Gasteiger charge is -2.04. The summed E-state index contributed by atoms with van der Waals surface area (Å²) >= 11 is 0. The fraction of sp³-hybridized carbons (Fsp3) is 0.167. The first-order valence-corrected chi connectivity index (χ1v) is 4.76. The number of hydrogen-bond acceptors (Lipinski definition) is 3. The second-order valence-corrected chi connectivity index (χ2v) is 3.16. The van der Waals surface area contributed by atoms with E-state index in [2.05, 4.69) is 10.1 Å². The third-order valence-electron chi connectivity index (χ3n) is 1.97. The van der Waals surface area contributed by atoms with Crippen LogP contribution in [-0.2, 0) is 14.3 Å². The number of anilines is 1. The summed E-state index contributed by atoms with van der Waals surface area (Å²) < 4.78 is 4.37. The molecular formula is C12H13NO3. The summed E-state index contributed by atoms with van der Waals surface area (Å²) in [5.41, 5.74) is 1.68. The molecule has 84 valence electrons. The van der Waals surface area contributed by atoms with Crippen molar-refractivity contribution in [3.8, 4) is 0 Å². The summed E-state index contributed by atoms with van der Waals surface area (Å²) in [5.74, 6) is -0.917. The number of para-hydroxylation sites is 1. The van der Waals surface area contributed by atoms with E-state index in [1.165, 1.54) is 7.11 Å². The molecule has 0 saturated carbocycles. The van der Waals surface area contributed by atoms with Gasteiger partial charge in [0, 0.05) is 17.8 Å². The normalized spacial score (nSPS) is 10.1. The zero-order chi connectivity index (χ0) is 12.0. The highest BCUT2D eigenvalue weighted by Crippen LogP contribution is 2.12. The quantitative estimate of drug-likeness (QED) is 0.621. The fourth-order valence-corrected chi connectivity index (χ4v) is 1.10. The topological polar surface area (TPSA) is 55.4 Å². The molecule has 16 heavy (non-hydrogen) atoms. The summed E-state index contributed by atoms with van der Waals surface area (Å²) in [7, 11) is 1.26. The van der Waals surface area contributed by atoms with Gasteiger partial charge >= 0.3 is 5.97 Å². The standard InChI is InChI=1S/C12H13NO3/c1-9-5-3-4-6-10(9)13-11(14)7-8-12(15)16-2/h3-8H,1-2H3,(H,13,14)/b8-7-. The molecule has 0 aromatic heterocycles. The number of nitrogens with one attached hydrogen (secondary N) is 1. The van der Waals surface area contributed by atoms with Gasteiger partial charge in [-0.15, -0.1) is 0 Å². The number of methoxy groups -OCH3 is 1. The molecule has 4 heteroatoms. The number of hydrogen-bond donors (Lipinski definition) is 1. The Morgan fingerprint density at radius 2 is 1.94 bits per heavy atom. The molecule has 4 nitrogen and oxygen atoms in total. The fourth-order valence-electron chi connectivity index (χ4n) is 1.10. The third-order valence-corrected chi connectivity index (χ3v) is 1.97. The average molecular weight is 219 g/mol. The zero-order valence-electron chi connectivity index (χ0n) is 9.19. The number of ether oxygens (including phenoxy) is 1. The van der Waals surface area contributed by atoms with E-state index in [9.17, 15) is 9.59 Å². The van der Waals surface area contributed by atoms with Gasteiger partial charge in [0.05, 0.1) is 7.11 Å². The van der Waals surface area contributed by atoms with Crippen LogP contribution in [0.4, 0.5) is 5.69 Å². The van der Waals surface area contributed by atoms with Crippen LogP contribution in [0.5, 0.6) is 0 Å². The molecule has 0 saturated heterocycles. The maximum Gasteiger partial charge on any atom is 0.330 e. The van der Waals surface area contributed by atoms with Gasteiger partial charge in [-0.2, -0.15) is 0 Å². The average Bonchev–Trinajstić information content (AvgIpc) is 2.29. The molecule has 1 amide bonds. The monoisotopic (exact) mass is 219 g/mol. The molecule has 0 heterocycles. The molecule has 0 aliphatic rings. The van der Waals surface area contributed by atoms with Crippen molar-refractivity contribution in [1.29, 1.82) is 0 Å². The van der Waals surface area contributed by atoms with E-state index in [1.54, 1.807) is 6.07 Å². The second kappa shape index (κ2) is 5.70. The van der Waals surface area contributed by atoms with Crippen molar-refractivity contribution in [1.82, 2.24) is 0 Å². The number of rotatable bonds is 3. The van der Waals surface area contributed by atoms with E-state index in [-0.39, 0.29) is 5.91 Å². The van der Waals surface area contributed by atoms with Crippen molar-refractivity contribution in [2.24, 2.45) is 0 Å². The van der Waals surface area contributed by atoms with Gasteiger partial charge in [-0.1, -0.05) is 18.2 Å². The molecule has 0 bridgehead atoms. The molecule has 0 spiro atoms. The van der Waals surface area contributed by atoms with Crippen molar-refractivity contribution in [3.05, 3.63) is 42.0 Å². The van der Waals surface area contributed by atoms with Crippen LogP contribution in [0.25, 0.3) is 0 Å². The lowest BCUT2D eigenvalue weighted by molar-refractivity contribution is -0.135. The summed E-state index contributed by atoms with van der Waals surface area (Å²) in [4.78, 5) is 22.1. The highest BCUT2D eigenvalue weighted by Gasteiger charge is 2.01. The molecule has 0 fully saturated rings. The van der Waals surface area contributed by atoms with Gasteiger partial charge in [0.15, 0.2) is 0 Å². The Morgan fingerprint density at radius 3 is 2.56 bits per heavy atom. The molecule has 1 rings (SSSR count). The van der Waals surface area contributed by atoms with Gasteiger partial charge in [-0.05, 0) is 18.6 Å². The van der Waals surface area contributed by atoms with Crippen LogP contribution in [0.2, 0.25) is 0 Å². The first-order chi connectivity index (χ1) is 7.63. The number of carbonyl (C=O) groups excluding carboxylic acids is 2. The van der Waals surface area contributed by atoms with Crippen LogP contribution >= 0.6 is 0 Å². The highest BCUT2D eigenvalue weighted by molar-refractivity contribution is 6.02. The minimum atomic E-state index is -0.556. The van der Waals surface area contributed by atoms with E-state index in [0.29, 0.717) is 0 Å². The summed E-state index contributed by atoms with van der Waals surface area (Å²) in [6.45, 7) is 1.89. The van der Waals surface area contributed by atoms with Crippen molar-refractivity contribution in [2.75, 3.05) is 12.4 Å². The lowest BCUT2D eigenvalue weighted by atomic mass is 10.2. The van der Waals surface area contributed by atoms with Crippen LogP contribution in [-0.4, -0.2) is 19.0 Å². The maximum atomic E-state index is 11.4. The van der Waals surface area contributed by atoms with Crippen LogP contribution < -0.4 is 5.32 Å². The van der Waals surface area contributed by atoms with Crippen LogP contribution in [0, 0.1) is 6.92 Å². The van der Waals surface area contributed by atoms with Crippen molar-refractivity contribution in [2.45, 2.75) is 6.92 Å². The predicted octanol–water partition coefficient (Wildman–Crippen LogP) is 1.66. The minimum absolute atomic E-state index is 0.361. The second-order valence-electron chi connectivity index (χ2n) is 3.16. The zero-order valence-corrected chi connectivity index (χ0v) is 9.19. The van der Waals surface area contributed by atoms with Crippen LogP contribution in [0.3, 0.4) is 0 Å². The molecule has 0 radical (unpaired) electrons. The SMILES string of the molecule is COC(=O)/C=C\C(=O)Nc1ccccc1C. The number of amides is 1. The molecular weight excluding hydrogens is 206 g/mol. The van der Waals surface area contributed by atoms with Crippen molar-refractivity contribution < 1.29 is 14.3 Å². The van der Waals surface area contributed by atoms with Crippen LogP contribution in [0.1, 0.15) is 5.56 Å². The Hall–Kier alpha value is -2.10. The summed E-state index contributed by atoms with van der Waals surface area (Å²) in [5, 5.41) is 2.66. The molecule has 1 N–H and O–H groups in total. The van der Waals surface area contributed by atoms with E-state index in [4.69, 9.17) is 0 Å². The Balaban J connectivity index is 2.62. The van der Waals surface area contributed by atoms with Gasteiger partial charge in [-0.3, -0.25) is 4.79 Å². The minimum Gasteiger partial charge on any atom is -0.466 e. The smallest absolute Gasteiger partial charge is 0.330 e. The van der Waals surface area contributed by atoms with Gasteiger partial charge < -0.3 is 10.1 Å². The van der Waals surface area contributed by atoms with Gasteiger partial charge in [0.1, 0.15) is 0 Å². The molecule has 0 aliphatic carbocycles. The van der Waals surface area contributed by atoms with E-state index in [0.717, 1.165) is 23.4 Å². The Kier molecular flexibility index (Phi) is 4.27. The molecule has 0 atom stereocenters. The Bertz CT molecular complexity index is 424. The predicted molar refractivity (Wildman–Crippen MR) is 61.0 cm³/mol.